The number of likely N-dealkylation sites (tertiary alicyclic amines) is 1. The number of carbonyl (C=O) groups is 1. The van der Waals surface area contributed by atoms with E-state index in [0.717, 1.165) is 50.3 Å². The summed E-state index contributed by atoms with van der Waals surface area (Å²) in [6.07, 6.45) is 7.78. The number of ether oxygens (including phenoxy) is 1. The Morgan fingerprint density at radius 2 is 1.85 bits per heavy atom. The Morgan fingerprint density at radius 3 is 2.55 bits per heavy atom. The minimum Gasteiger partial charge on any atom is -0.497 e. The molecule has 1 amide bonds. The maximum absolute atomic E-state index is 12.7. The average molecular weight is 446 g/mol. The second-order valence-electron chi connectivity index (χ2n) is 8.63. The average Bonchev–Trinajstić information content (AvgIpc) is 3.13. The van der Waals surface area contributed by atoms with Gasteiger partial charge in [0.25, 0.3) is 0 Å². The molecule has 2 saturated heterocycles. The number of hydrogen-bond donors (Lipinski definition) is 1. The Bertz CT molecular complexity index is 1150. The Balaban J connectivity index is 1.44. The fraction of sp³-hybridized carbons (Fsp3) is 0.375. The zero-order chi connectivity index (χ0) is 22.8. The summed E-state index contributed by atoms with van der Waals surface area (Å²) in [5, 5.41) is 3.28. The number of hydrogen-bond acceptors (Lipinski definition) is 8. The Hall–Kier alpha value is -3.75. The summed E-state index contributed by atoms with van der Waals surface area (Å²) in [7, 11) is 3.52. The quantitative estimate of drug-likeness (QED) is 0.640. The molecule has 2 fully saturated rings. The van der Waals surface area contributed by atoms with Crippen molar-refractivity contribution in [3.8, 4) is 17.1 Å². The molecule has 1 N–H and O–H groups in total. The largest absolute Gasteiger partial charge is 0.497 e. The summed E-state index contributed by atoms with van der Waals surface area (Å²) < 4.78 is 5.31. The van der Waals surface area contributed by atoms with Crippen molar-refractivity contribution in [3.05, 3.63) is 48.9 Å². The van der Waals surface area contributed by atoms with Gasteiger partial charge in [0.1, 0.15) is 23.2 Å². The van der Waals surface area contributed by atoms with Crippen molar-refractivity contribution in [1.29, 1.82) is 0 Å². The normalized spacial score (nSPS) is 17.5. The van der Waals surface area contributed by atoms with E-state index in [-0.39, 0.29) is 11.3 Å². The molecule has 1 spiro atoms. The highest BCUT2D eigenvalue weighted by atomic mass is 16.5. The summed E-state index contributed by atoms with van der Waals surface area (Å²) in [6.45, 7) is 2.40. The number of nitrogens with zero attached hydrogens (tertiary/aromatic N) is 6. The van der Waals surface area contributed by atoms with Crippen molar-refractivity contribution >= 4 is 23.4 Å². The highest BCUT2D eigenvalue weighted by molar-refractivity contribution is 5.85. The van der Waals surface area contributed by atoms with Crippen molar-refractivity contribution in [1.82, 2.24) is 24.8 Å². The molecule has 170 valence electrons. The smallest absolute Gasteiger partial charge is 0.228 e. The molecule has 2 aliphatic rings. The molecule has 0 bridgehead atoms. The van der Waals surface area contributed by atoms with Crippen LogP contribution in [0.1, 0.15) is 19.3 Å². The van der Waals surface area contributed by atoms with Crippen LogP contribution in [0.5, 0.6) is 5.75 Å². The topological polar surface area (TPSA) is 96.4 Å². The first kappa shape index (κ1) is 21.1. The third kappa shape index (κ3) is 4.18. The second kappa shape index (κ2) is 8.65. The number of nitrogens with one attached hydrogen (secondary N) is 1. The molecule has 9 heteroatoms. The van der Waals surface area contributed by atoms with E-state index in [4.69, 9.17) is 14.7 Å². The van der Waals surface area contributed by atoms with Gasteiger partial charge in [-0.2, -0.15) is 0 Å². The second-order valence-corrected chi connectivity index (χ2v) is 8.63. The lowest BCUT2D eigenvalue weighted by molar-refractivity contribution is -0.135. The van der Waals surface area contributed by atoms with Gasteiger partial charge in [-0.1, -0.05) is 0 Å². The van der Waals surface area contributed by atoms with Gasteiger partial charge in [0.05, 0.1) is 12.5 Å². The summed E-state index contributed by atoms with van der Waals surface area (Å²) in [5.74, 6) is 3.67. The van der Waals surface area contributed by atoms with Gasteiger partial charge in [0.2, 0.25) is 5.91 Å². The third-order valence-corrected chi connectivity index (χ3v) is 6.63. The standard InChI is InChI=1S/C24H27N7O2/c1-30-11-6-24(23(30)32)7-12-31(13-8-24)21-15-20(27-19-14-18(33-2)5-10-26-19)28-22(29-21)17-4-3-9-25-16-17/h3-5,9-10,14-16H,6-8,11-13H2,1-2H3,(H,26,27,28,29). The van der Waals surface area contributed by atoms with Crippen LogP contribution in [0, 0.1) is 5.41 Å². The van der Waals surface area contributed by atoms with Gasteiger partial charge in [-0.25, -0.2) is 15.0 Å². The van der Waals surface area contributed by atoms with Gasteiger partial charge in [-0.3, -0.25) is 9.78 Å². The van der Waals surface area contributed by atoms with E-state index in [9.17, 15) is 4.79 Å². The van der Waals surface area contributed by atoms with E-state index in [0.29, 0.717) is 23.2 Å². The molecule has 0 aromatic carbocycles. The maximum atomic E-state index is 12.7. The van der Waals surface area contributed by atoms with Gasteiger partial charge in [-0.15, -0.1) is 0 Å². The molecule has 0 aliphatic carbocycles. The van der Waals surface area contributed by atoms with Crippen LogP contribution < -0.4 is 15.0 Å². The molecule has 2 aliphatic heterocycles. The zero-order valence-electron chi connectivity index (χ0n) is 18.9. The Kier molecular flexibility index (Phi) is 5.53. The van der Waals surface area contributed by atoms with Crippen LogP contribution in [0.4, 0.5) is 17.5 Å². The van der Waals surface area contributed by atoms with Crippen molar-refractivity contribution in [2.45, 2.75) is 19.3 Å². The molecule has 3 aromatic heterocycles. The van der Waals surface area contributed by atoms with E-state index in [1.807, 2.05) is 36.2 Å². The van der Waals surface area contributed by atoms with Crippen LogP contribution in [0.25, 0.3) is 11.4 Å². The first-order valence-corrected chi connectivity index (χ1v) is 11.1. The monoisotopic (exact) mass is 445 g/mol. The van der Waals surface area contributed by atoms with E-state index >= 15 is 0 Å². The van der Waals surface area contributed by atoms with Crippen LogP contribution >= 0.6 is 0 Å². The lowest BCUT2D eigenvalue weighted by Crippen LogP contribution is -2.44. The molecule has 0 radical (unpaired) electrons. The van der Waals surface area contributed by atoms with Crippen molar-refractivity contribution in [2.24, 2.45) is 5.41 Å². The summed E-state index contributed by atoms with van der Waals surface area (Å²) in [6, 6.07) is 9.36. The fourth-order valence-corrected chi connectivity index (χ4v) is 4.65. The first-order chi connectivity index (χ1) is 16.1. The van der Waals surface area contributed by atoms with Crippen LogP contribution in [-0.4, -0.2) is 64.5 Å². The van der Waals surface area contributed by atoms with Crippen molar-refractivity contribution in [2.75, 3.05) is 44.0 Å². The first-order valence-electron chi connectivity index (χ1n) is 11.1. The summed E-state index contributed by atoms with van der Waals surface area (Å²) in [4.78, 5) is 35.0. The maximum Gasteiger partial charge on any atom is 0.228 e. The van der Waals surface area contributed by atoms with E-state index in [2.05, 4.69) is 20.2 Å². The summed E-state index contributed by atoms with van der Waals surface area (Å²) >= 11 is 0. The predicted octanol–water partition coefficient (Wildman–Crippen LogP) is 3.13. The van der Waals surface area contributed by atoms with Crippen molar-refractivity contribution < 1.29 is 9.53 Å². The lowest BCUT2D eigenvalue weighted by atomic mass is 9.77. The zero-order valence-corrected chi connectivity index (χ0v) is 18.9. The van der Waals surface area contributed by atoms with E-state index < -0.39 is 0 Å². The molecule has 0 unspecified atom stereocenters. The van der Waals surface area contributed by atoms with Crippen LogP contribution in [0.15, 0.2) is 48.9 Å². The van der Waals surface area contributed by atoms with Crippen LogP contribution in [0.2, 0.25) is 0 Å². The van der Waals surface area contributed by atoms with Gasteiger partial charge >= 0.3 is 0 Å². The number of rotatable bonds is 5. The molecule has 9 nitrogen and oxygen atoms in total. The molecule has 33 heavy (non-hydrogen) atoms. The molecular formula is C24H27N7O2. The SMILES string of the molecule is COc1ccnc(Nc2cc(N3CCC4(CCN(C)C4=O)CC3)nc(-c3cccnc3)n2)c1. The third-order valence-electron chi connectivity index (χ3n) is 6.63. The fourth-order valence-electron chi connectivity index (χ4n) is 4.65. The number of piperidine rings is 1. The van der Waals surface area contributed by atoms with Gasteiger partial charge in [-0.05, 0) is 37.5 Å². The minimum atomic E-state index is -0.212. The van der Waals surface area contributed by atoms with Crippen LogP contribution in [-0.2, 0) is 4.79 Å². The summed E-state index contributed by atoms with van der Waals surface area (Å²) in [5.41, 5.74) is 0.623. The van der Waals surface area contributed by atoms with E-state index in [1.54, 1.807) is 31.8 Å². The Labute approximate surface area is 192 Å². The number of pyridine rings is 2. The van der Waals surface area contributed by atoms with Crippen LogP contribution in [0.3, 0.4) is 0 Å². The highest BCUT2D eigenvalue weighted by Gasteiger charge is 2.47. The molecular weight excluding hydrogens is 418 g/mol. The molecule has 5 heterocycles. The number of carbonyl (C=O) groups excluding carboxylic acids is 1. The predicted molar refractivity (Wildman–Crippen MR) is 125 cm³/mol. The van der Waals surface area contributed by atoms with E-state index in [1.165, 1.54) is 0 Å². The number of amides is 1. The number of aromatic nitrogens is 4. The molecule has 3 aromatic rings. The molecule has 0 saturated carbocycles. The molecule has 5 rings (SSSR count). The minimum absolute atomic E-state index is 0.212. The van der Waals surface area contributed by atoms with Gasteiger partial charge < -0.3 is 19.9 Å². The Morgan fingerprint density at radius 1 is 1.03 bits per heavy atom. The number of methoxy groups -OCH3 is 1. The highest BCUT2D eigenvalue weighted by Crippen LogP contribution is 2.42. The number of anilines is 3. The van der Waals surface area contributed by atoms with Gasteiger partial charge in [0, 0.05) is 63.0 Å². The lowest BCUT2D eigenvalue weighted by Gasteiger charge is -2.38. The van der Waals surface area contributed by atoms with Crippen molar-refractivity contribution in [3.63, 3.8) is 0 Å². The van der Waals surface area contributed by atoms with Gasteiger partial charge in [0.15, 0.2) is 5.82 Å². The molecule has 0 atom stereocenters.